The summed E-state index contributed by atoms with van der Waals surface area (Å²) in [7, 11) is 4.62. The number of anilines is 2. The van der Waals surface area contributed by atoms with Crippen molar-refractivity contribution in [1.29, 1.82) is 0 Å². The van der Waals surface area contributed by atoms with E-state index in [1.54, 1.807) is 32.5 Å². The number of carbonyl (C=O) groups is 1. The number of carbonyl (C=O) groups excluding carboxylic acids is 1. The minimum atomic E-state index is -0.360. The lowest BCUT2D eigenvalue weighted by Gasteiger charge is -2.15. The van der Waals surface area contributed by atoms with Gasteiger partial charge in [0.25, 0.3) is 5.91 Å². The lowest BCUT2D eigenvalue weighted by atomic mass is 10.2. The molecule has 1 aromatic carbocycles. The fourth-order valence-electron chi connectivity index (χ4n) is 2.61. The van der Waals surface area contributed by atoms with Gasteiger partial charge >= 0.3 is 0 Å². The average Bonchev–Trinajstić information content (AvgIpc) is 3.19. The van der Waals surface area contributed by atoms with Gasteiger partial charge in [0.15, 0.2) is 11.5 Å². The van der Waals surface area contributed by atoms with Crippen LogP contribution in [0.15, 0.2) is 34.2 Å². The summed E-state index contributed by atoms with van der Waals surface area (Å²) in [5, 5.41) is 16.0. The van der Waals surface area contributed by atoms with Gasteiger partial charge in [0.1, 0.15) is 10.6 Å². The molecular formula is C19H20BrN5O4S. The van der Waals surface area contributed by atoms with Crippen LogP contribution in [0.1, 0.15) is 28.3 Å². The van der Waals surface area contributed by atoms with E-state index in [0.29, 0.717) is 33.5 Å². The summed E-state index contributed by atoms with van der Waals surface area (Å²) >= 11 is 4.72. The lowest BCUT2D eigenvalue weighted by Crippen LogP contribution is -2.27. The number of nitrogens with one attached hydrogen (secondary N) is 2. The molecule has 11 heteroatoms. The smallest absolute Gasteiger partial charge is 0.263 e. The molecule has 0 bridgehead atoms. The van der Waals surface area contributed by atoms with Crippen molar-refractivity contribution in [2.45, 2.75) is 13.0 Å². The molecule has 3 rings (SSSR count). The fourth-order valence-corrected chi connectivity index (χ4v) is 4.07. The Morgan fingerprint density at radius 3 is 2.33 bits per heavy atom. The Hall–Kier alpha value is -2.92. The third-order valence-corrected chi connectivity index (χ3v) is 5.95. The van der Waals surface area contributed by atoms with E-state index in [2.05, 4.69) is 41.7 Å². The SMILES string of the molecule is COc1cc(Nc2ncc(C(C)NC(=O)c3sccc3Br)nn2)cc(OC)c1OC. The largest absolute Gasteiger partial charge is 0.493 e. The summed E-state index contributed by atoms with van der Waals surface area (Å²) in [4.78, 5) is 17.2. The van der Waals surface area contributed by atoms with Gasteiger partial charge in [-0.15, -0.1) is 21.5 Å². The highest BCUT2D eigenvalue weighted by Gasteiger charge is 2.17. The zero-order chi connectivity index (χ0) is 21.7. The predicted octanol–water partition coefficient (Wildman–Crippen LogP) is 3.96. The molecule has 0 radical (unpaired) electrons. The Balaban J connectivity index is 1.71. The molecule has 0 saturated carbocycles. The van der Waals surface area contributed by atoms with Crippen LogP contribution in [-0.2, 0) is 0 Å². The van der Waals surface area contributed by atoms with Crippen molar-refractivity contribution in [3.8, 4) is 17.2 Å². The highest BCUT2D eigenvalue weighted by Crippen LogP contribution is 2.40. The molecule has 3 aromatic rings. The van der Waals surface area contributed by atoms with E-state index in [4.69, 9.17) is 14.2 Å². The molecule has 0 fully saturated rings. The molecule has 0 aliphatic carbocycles. The fraction of sp³-hybridized carbons (Fsp3) is 0.263. The van der Waals surface area contributed by atoms with Crippen LogP contribution < -0.4 is 24.8 Å². The van der Waals surface area contributed by atoms with Crippen LogP contribution in [0.25, 0.3) is 0 Å². The second-order valence-electron chi connectivity index (χ2n) is 6.04. The molecule has 0 aliphatic heterocycles. The van der Waals surface area contributed by atoms with Crippen LogP contribution in [0.4, 0.5) is 11.6 Å². The van der Waals surface area contributed by atoms with Gasteiger partial charge in [0.05, 0.1) is 33.6 Å². The molecule has 0 aliphatic rings. The number of aromatic nitrogens is 3. The van der Waals surface area contributed by atoms with Crippen molar-refractivity contribution in [2.24, 2.45) is 0 Å². The topological polar surface area (TPSA) is 107 Å². The Morgan fingerprint density at radius 1 is 1.13 bits per heavy atom. The van der Waals surface area contributed by atoms with Crippen LogP contribution in [0.5, 0.6) is 17.2 Å². The van der Waals surface area contributed by atoms with Crippen LogP contribution in [0, 0.1) is 0 Å². The summed E-state index contributed by atoms with van der Waals surface area (Å²) in [6, 6.07) is 4.94. The number of amides is 1. The summed E-state index contributed by atoms with van der Waals surface area (Å²) in [5.74, 6) is 1.58. The molecule has 1 atom stereocenters. The van der Waals surface area contributed by atoms with Gasteiger partial charge in [0.2, 0.25) is 11.7 Å². The van der Waals surface area contributed by atoms with E-state index in [1.165, 1.54) is 18.4 Å². The van der Waals surface area contributed by atoms with Gasteiger partial charge in [0, 0.05) is 22.3 Å². The first kappa shape index (κ1) is 21.8. The van der Waals surface area contributed by atoms with Crippen molar-refractivity contribution in [1.82, 2.24) is 20.5 Å². The van der Waals surface area contributed by atoms with Crippen LogP contribution in [-0.4, -0.2) is 42.4 Å². The number of rotatable bonds is 8. The Kier molecular flexibility index (Phi) is 7.06. The molecule has 2 aromatic heterocycles. The number of benzene rings is 1. The second kappa shape index (κ2) is 9.72. The second-order valence-corrected chi connectivity index (χ2v) is 7.81. The molecule has 158 valence electrons. The van der Waals surface area contributed by atoms with Crippen LogP contribution >= 0.6 is 27.3 Å². The monoisotopic (exact) mass is 493 g/mol. The van der Waals surface area contributed by atoms with Gasteiger partial charge in [-0.3, -0.25) is 4.79 Å². The predicted molar refractivity (Wildman–Crippen MR) is 117 cm³/mol. The van der Waals surface area contributed by atoms with Crippen LogP contribution in [0.2, 0.25) is 0 Å². The van der Waals surface area contributed by atoms with E-state index in [9.17, 15) is 4.79 Å². The number of nitrogens with zero attached hydrogens (tertiary/aromatic N) is 3. The van der Waals surface area contributed by atoms with E-state index in [1.807, 2.05) is 18.4 Å². The Morgan fingerprint density at radius 2 is 1.83 bits per heavy atom. The van der Waals surface area contributed by atoms with Crippen molar-refractivity contribution >= 4 is 44.8 Å². The zero-order valence-corrected chi connectivity index (χ0v) is 19.1. The number of thiophene rings is 1. The van der Waals surface area contributed by atoms with Crippen molar-refractivity contribution in [3.63, 3.8) is 0 Å². The number of halogens is 1. The summed E-state index contributed by atoms with van der Waals surface area (Å²) in [6.45, 7) is 1.82. The van der Waals surface area contributed by atoms with E-state index in [-0.39, 0.29) is 17.9 Å². The van der Waals surface area contributed by atoms with Crippen molar-refractivity contribution in [3.05, 3.63) is 44.8 Å². The van der Waals surface area contributed by atoms with E-state index >= 15 is 0 Å². The molecular weight excluding hydrogens is 474 g/mol. The van der Waals surface area contributed by atoms with Gasteiger partial charge in [-0.1, -0.05) is 0 Å². The first-order valence-corrected chi connectivity index (χ1v) is 10.4. The van der Waals surface area contributed by atoms with Gasteiger partial charge in [-0.05, 0) is 34.3 Å². The summed E-state index contributed by atoms with van der Waals surface area (Å²) in [6.07, 6.45) is 1.56. The molecule has 1 amide bonds. The number of hydrogen-bond donors (Lipinski definition) is 2. The van der Waals surface area contributed by atoms with Gasteiger partial charge in [-0.2, -0.15) is 0 Å². The molecule has 9 nitrogen and oxygen atoms in total. The highest BCUT2D eigenvalue weighted by molar-refractivity contribution is 9.10. The third-order valence-electron chi connectivity index (χ3n) is 4.11. The zero-order valence-electron chi connectivity index (χ0n) is 16.7. The standard InChI is InChI=1S/C19H20BrN5O4S/c1-10(22-18(26)17-12(20)5-6-30-17)13-9-21-19(25-24-13)23-11-7-14(27-2)16(29-4)15(8-11)28-3/h5-10H,1-4H3,(H,22,26)(H,21,23,25). The van der Waals surface area contributed by atoms with Crippen molar-refractivity contribution < 1.29 is 19.0 Å². The maximum absolute atomic E-state index is 12.3. The molecule has 30 heavy (non-hydrogen) atoms. The quantitative estimate of drug-likeness (QED) is 0.485. The number of ether oxygens (including phenoxy) is 3. The normalized spacial score (nSPS) is 11.5. The minimum absolute atomic E-state index is 0.189. The number of hydrogen-bond acceptors (Lipinski definition) is 9. The summed E-state index contributed by atoms with van der Waals surface area (Å²) < 4.78 is 16.7. The average molecular weight is 494 g/mol. The summed E-state index contributed by atoms with van der Waals surface area (Å²) in [5.41, 5.74) is 1.18. The van der Waals surface area contributed by atoms with Gasteiger partial charge < -0.3 is 24.8 Å². The van der Waals surface area contributed by atoms with E-state index < -0.39 is 0 Å². The van der Waals surface area contributed by atoms with Gasteiger partial charge in [-0.25, -0.2) is 4.98 Å². The molecule has 2 N–H and O–H groups in total. The third kappa shape index (κ3) is 4.79. The first-order valence-electron chi connectivity index (χ1n) is 8.77. The molecule has 0 spiro atoms. The number of methoxy groups -OCH3 is 3. The first-order chi connectivity index (χ1) is 14.5. The maximum Gasteiger partial charge on any atom is 0.263 e. The highest BCUT2D eigenvalue weighted by atomic mass is 79.9. The van der Waals surface area contributed by atoms with Crippen LogP contribution in [0.3, 0.4) is 0 Å². The van der Waals surface area contributed by atoms with E-state index in [0.717, 1.165) is 4.47 Å². The Labute approximate surface area is 185 Å². The molecule has 0 saturated heterocycles. The maximum atomic E-state index is 12.3. The lowest BCUT2D eigenvalue weighted by molar-refractivity contribution is 0.0942. The van der Waals surface area contributed by atoms with Crippen molar-refractivity contribution in [2.75, 3.05) is 26.6 Å². The molecule has 1 unspecified atom stereocenters. The molecule has 2 heterocycles. The minimum Gasteiger partial charge on any atom is -0.493 e. The Bertz CT molecular complexity index is 1000.